The molecule has 1 rings (SSSR count). The van der Waals surface area contributed by atoms with Crippen molar-refractivity contribution in [2.45, 2.75) is 40.0 Å². The van der Waals surface area contributed by atoms with Gasteiger partial charge in [-0.15, -0.1) is 0 Å². The Morgan fingerprint density at radius 1 is 1.12 bits per heavy atom. The van der Waals surface area contributed by atoms with Crippen molar-refractivity contribution in [2.75, 3.05) is 33.3 Å². The summed E-state index contributed by atoms with van der Waals surface area (Å²) in [5.41, 5.74) is 0.708. The van der Waals surface area contributed by atoms with Crippen molar-refractivity contribution in [3.63, 3.8) is 0 Å². The maximum Gasteiger partial charge on any atom is 0.251 e. The van der Waals surface area contributed by atoms with E-state index in [1.807, 2.05) is 6.07 Å². The van der Waals surface area contributed by atoms with Gasteiger partial charge in [0.2, 0.25) is 5.91 Å². The van der Waals surface area contributed by atoms with E-state index in [1.54, 1.807) is 25.2 Å². The summed E-state index contributed by atoms with van der Waals surface area (Å²) in [6.45, 7) is 9.14. The number of hydrogen-bond acceptors (Lipinski definition) is 4. The predicted octanol–water partition coefficient (Wildman–Crippen LogP) is 2.35. The third-order valence-corrected chi connectivity index (χ3v) is 3.69. The standard InChI is InChI=1S/C20H33N3O3/c1-20(2,3)15-23-18(24)10-5-6-11-22-12-13-26-17-9-7-8-16(14-17)19(25)21-4/h7-9,14,22H,5-6,10-13,15H2,1-4H3,(H,21,25)(H,23,24). The van der Waals surface area contributed by atoms with Crippen LogP contribution in [0.2, 0.25) is 0 Å². The smallest absolute Gasteiger partial charge is 0.251 e. The molecule has 0 saturated carbocycles. The molecular formula is C20H33N3O3. The molecule has 0 aromatic heterocycles. The number of amides is 2. The average Bonchev–Trinajstić information content (AvgIpc) is 2.61. The lowest BCUT2D eigenvalue weighted by Crippen LogP contribution is -2.32. The minimum atomic E-state index is -0.125. The second-order valence-electron chi connectivity index (χ2n) is 7.50. The van der Waals surface area contributed by atoms with Gasteiger partial charge in [0.15, 0.2) is 0 Å². The first-order chi connectivity index (χ1) is 12.3. The fourth-order valence-electron chi connectivity index (χ4n) is 2.23. The summed E-state index contributed by atoms with van der Waals surface area (Å²) in [5, 5.41) is 8.85. The van der Waals surface area contributed by atoms with Gasteiger partial charge in [0, 0.05) is 32.1 Å². The summed E-state index contributed by atoms with van der Waals surface area (Å²) in [4.78, 5) is 23.3. The number of carbonyl (C=O) groups excluding carboxylic acids is 2. The van der Waals surface area contributed by atoms with Gasteiger partial charge in [0.1, 0.15) is 12.4 Å². The van der Waals surface area contributed by atoms with E-state index in [1.165, 1.54) is 0 Å². The molecule has 0 heterocycles. The number of nitrogens with one attached hydrogen (secondary N) is 3. The van der Waals surface area contributed by atoms with Crippen LogP contribution >= 0.6 is 0 Å². The van der Waals surface area contributed by atoms with Crippen LogP contribution in [0.1, 0.15) is 50.4 Å². The number of hydrogen-bond donors (Lipinski definition) is 3. The molecular weight excluding hydrogens is 330 g/mol. The molecule has 26 heavy (non-hydrogen) atoms. The lowest BCUT2D eigenvalue weighted by atomic mass is 9.97. The van der Waals surface area contributed by atoms with Crippen LogP contribution in [-0.2, 0) is 4.79 Å². The molecule has 0 aliphatic rings. The highest BCUT2D eigenvalue weighted by Gasteiger charge is 2.11. The molecule has 6 nitrogen and oxygen atoms in total. The Morgan fingerprint density at radius 2 is 1.88 bits per heavy atom. The quantitative estimate of drug-likeness (QED) is 0.527. The predicted molar refractivity (Wildman–Crippen MR) is 105 cm³/mol. The van der Waals surface area contributed by atoms with Crippen LogP contribution in [0.5, 0.6) is 5.75 Å². The molecule has 0 fully saturated rings. The summed E-state index contributed by atoms with van der Waals surface area (Å²) in [6, 6.07) is 7.12. The van der Waals surface area contributed by atoms with Gasteiger partial charge in [-0.25, -0.2) is 0 Å². The molecule has 0 unspecified atom stereocenters. The van der Waals surface area contributed by atoms with Crippen LogP contribution in [-0.4, -0.2) is 45.1 Å². The Bertz CT molecular complexity index is 568. The van der Waals surface area contributed by atoms with Crippen molar-refractivity contribution in [3.8, 4) is 5.75 Å². The molecule has 6 heteroatoms. The highest BCUT2D eigenvalue weighted by Crippen LogP contribution is 2.13. The zero-order valence-electron chi connectivity index (χ0n) is 16.5. The van der Waals surface area contributed by atoms with Crippen LogP contribution in [0.25, 0.3) is 0 Å². The fourth-order valence-corrected chi connectivity index (χ4v) is 2.23. The number of benzene rings is 1. The minimum absolute atomic E-state index is 0.122. The van der Waals surface area contributed by atoms with Gasteiger partial charge in [-0.2, -0.15) is 0 Å². The van der Waals surface area contributed by atoms with Gasteiger partial charge < -0.3 is 20.7 Å². The van der Waals surface area contributed by atoms with E-state index < -0.39 is 0 Å². The van der Waals surface area contributed by atoms with E-state index in [9.17, 15) is 9.59 Å². The Morgan fingerprint density at radius 3 is 2.58 bits per heavy atom. The Kier molecular flexibility index (Phi) is 9.73. The van der Waals surface area contributed by atoms with Crippen molar-refractivity contribution in [3.05, 3.63) is 29.8 Å². The number of ether oxygens (including phenoxy) is 1. The van der Waals surface area contributed by atoms with Gasteiger partial charge in [0.25, 0.3) is 5.91 Å². The molecule has 0 aliphatic heterocycles. The molecule has 1 aromatic rings. The summed E-state index contributed by atoms with van der Waals surface area (Å²) >= 11 is 0. The summed E-state index contributed by atoms with van der Waals surface area (Å²) in [7, 11) is 1.61. The van der Waals surface area contributed by atoms with Crippen molar-refractivity contribution in [2.24, 2.45) is 5.41 Å². The normalized spacial score (nSPS) is 11.1. The molecule has 0 saturated heterocycles. The zero-order valence-corrected chi connectivity index (χ0v) is 16.5. The molecule has 0 radical (unpaired) electrons. The van der Waals surface area contributed by atoms with E-state index in [-0.39, 0.29) is 17.2 Å². The minimum Gasteiger partial charge on any atom is -0.492 e. The third-order valence-electron chi connectivity index (χ3n) is 3.69. The summed E-state index contributed by atoms with van der Waals surface area (Å²) in [6.07, 6.45) is 2.40. The molecule has 0 aliphatic carbocycles. The first-order valence-corrected chi connectivity index (χ1v) is 9.24. The largest absolute Gasteiger partial charge is 0.492 e. The molecule has 2 amide bonds. The van der Waals surface area contributed by atoms with Crippen molar-refractivity contribution in [1.82, 2.24) is 16.0 Å². The van der Waals surface area contributed by atoms with Gasteiger partial charge in [-0.05, 0) is 43.0 Å². The first-order valence-electron chi connectivity index (χ1n) is 9.24. The second-order valence-corrected chi connectivity index (χ2v) is 7.50. The molecule has 3 N–H and O–H groups in total. The number of unbranched alkanes of at least 4 members (excludes halogenated alkanes) is 1. The maximum atomic E-state index is 11.7. The lowest BCUT2D eigenvalue weighted by molar-refractivity contribution is -0.121. The lowest BCUT2D eigenvalue weighted by Gasteiger charge is -2.18. The Hall–Kier alpha value is -2.08. The highest BCUT2D eigenvalue weighted by molar-refractivity contribution is 5.94. The van der Waals surface area contributed by atoms with E-state index in [2.05, 4.69) is 36.7 Å². The summed E-state index contributed by atoms with van der Waals surface area (Å²) < 4.78 is 5.64. The molecule has 0 bridgehead atoms. The van der Waals surface area contributed by atoms with Crippen LogP contribution in [0, 0.1) is 5.41 Å². The SMILES string of the molecule is CNC(=O)c1cccc(OCCNCCCCC(=O)NCC(C)(C)C)c1. The van der Waals surface area contributed by atoms with E-state index in [0.717, 1.165) is 25.9 Å². The van der Waals surface area contributed by atoms with Crippen LogP contribution in [0.4, 0.5) is 0 Å². The molecule has 0 spiro atoms. The topological polar surface area (TPSA) is 79.5 Å². The average molecular weight is 364 g/mol. The van der Waals surface area contributed by atoms with E-state index >= 15 is 0 Å². The van der Waals surface area contributed by atoms with Crippen LogP contribution < -0.4 is 20.7 Å². The third kappa shape index (κ3) is 10.0. The zero-order chi connectivity index (χ0) is 19.4. The maximum absolute atomic E-state index is 11.7. The second kappa shape index (κ2) is 11.5. The molecule has 0 atom stereocenters. The van der Waals surface area contributed by atoms with Crippen molar-refractivity contribution >= 4 is 11.8 Å². The molecule has 1 aromatic carbocycles. The van der Waals surface area contributed by atoms with Crippen molar-refractivity contribution < 1.29 is 14.3 Å². The Balaban J connectivity index is 2.06. The van der Waals surface area contributed by atoms with Gasteiger partial charge in [-0.1, -0.05) is 26.8 Å². The molecule has 146 valence electrons. The van der Waals surface area contributed by atoms with Gasteiger partial charge >= 0.3 is 0 Å². The van der Waals surface area contributed by atoms with Crippen LogP contribution in [0.3, 0.4) is 0 Å². The summed E-state index contributed by atoms with van der Waals surface area (Å²) in [5.74, 6) is 0.683. The first kappa shape index (κ1) is 22.0. The fraction of sp³-hybridized carbons (Fsp3) is 0.600. The van der Waals surface area contributed by atoms with E-state index in [0.29, 0.717) is 30.9 Å². The number of rotatable bonds is 11. The van der Waals surface area contributed by atoms with E-state index in [4.69, 9.17) is 4.74 Å². The monoisotopic (exact) mass is 363 g/mol. The van der Waals surface area contributed by atoms with Gasteiger partial charge in [-0.3, -0.25) is 9.59 Å². The van der Waals surface area contributed by atoms with Crippen LogP contribution in [0.15, 0.2) is 24.3 Å². The van der Waals surface area contributed by atoms with Crippen molar-refractivity contribution in [1.29, 1.82) is 0 Å². The van der Waals surface area contributed by atoms with Gasteiger partial charge in [0.05, 0.1) is 0 Å². The highest BCUT2D eigenvalue weighted by atomic mass is 16.5. The Labute approximate surface area is 157 Å². The number of carbonyl (C=O) groups is 2.